The Bertz CT molecular complexity index is 281. The Morgan fingerprint density at radius 1 is 0.944 bits per heavy atom. The molecule has 2 nitrogen and oxygen atoms in total. The van der Waals surface area contributed by atoms with Gasteiger partial charge in [0, 0.05) is 6.08 Å². The van der Waals surface area contributed by atoms with Gasteiger partial charge in [0.05, 0.1) is 0 Å². The van der Waals surface area contributed by atoms with Gasteiger partial charge in [-0.05, 0) is 44.4 Å². The molecule has 0 unspecified atom stereocenters. The van der Waals surface area contributed by atoms with Crippen LogP contribution < -0.4 is 0 Å². The van der Waals surface area contributed by atoms with Crippen LogP contribution in [0.4, 0.5) is 0 Å². The molecule has 0 bridgehead atoms. The third-order valence-electron chi connectivity index (χ3n) is 4.62. The number of allylic oxidation sites excluding steroid dienone is 1. The van der Waals surface area contributed by atoms with Crippen molar-refractivity contribution in [2.24, 2.45) is 11.8 Å². The summed E-state index contributed by atoms with van der Waals surface area (Å²) in [6, 6.07) is 0. The average Bonchev–Trinajstić information content (AvgIpc) is 2.41. The van der Waals surface area contributed by atoms with Crippen LogP contribution in [0.3, 0.4) is 0 Å². The predicted octanol–water partition coefficient (Wildman–Crippen LogP) is 4.24. The predicted molar refractivity (Wildman–Crippen MR) is 73.2 cm³/mol. The molecule has 0 aromatic rings. The SMILES string of the molecule is C/C=C/C(=O)OC1CCC(C2CCCCC2)CC1. The monoisotopic (exact) mass is 250 g/mol. The van der Waals surface area contributed by atoms with E-state index in [2.05, 4.69) is 0 Å². The highest BCUT2D eigenvalue weighted by atomic mass is 16.5. The summed E-state index contributed by atoms with van der Waals surface area (Å²) >= 11 is 0. The summed E-state index contributed by atoms with van der Waals surface area (Å²) in [7, 11) is 0. The van der Waals surface area contributed by atoms with Gasteiger partial charge in [0.15, 0.2) is 0 Å². The van der Waals surface area contributed by atoms with Gasteiger partial charge in [0.1, 0.15) is 6.10 Å². The number of esters is 1. The second kappa shape index (κ2) is 6.96. The Morgan fingerprint density at radius 3 is 2.17 bits per heavy atom. The van der Waals surface area contributed by atoms with Gasteiger partial charge in [-0.15, -0.1) is 0 Å². The molecule has 0 aliphatic heterocycles. The van der Waals surface area contributed by atoms with Crippen molar-refractivity contribution in [3.8, 4) is 0 Å². The fourth-order valence-electron chi connectivity index (χ4n) is 3.62. The molecular weight excluding hydrogens is 224 g/mol. The van der Waals surface area contributed by atoms with Crippen LogP contribution in [-0.2, 0) is 9.53 Å². The highest BCUT2D eigenvalue weighted by Gasteiger charge is 2.29. The zero-order valence-corrected chi connectivity index (χ0v) is 11.6. The summed E-state index contributed by atoms with van der Waals surface area (Å²) in [4.78, 5) is 11.4. The summed E-state index contributed by atoms with van der Waals surface area (Å²) in [6.07, 6.45) is 15.3. The number of hydrogen-bond acceptors (Lipinski definition) is 2. The normalized spacial score (nSPS) is 30.5. The summed E-state index contributed by atoms with van der Waals surface area (Å²) in [5.74, 6) is 1.70. The molecule has 2 fully saturated rings. The zero-order chi connectivity index (χ0) is 12.8. The Hall–Kier alpha value is -0.790. The molecular formula is C16H26O2. The van der Waals surface area contributed by atoms with Gasteiger partial charge >= 0.3 is 5.97 Å². The van der Waals surface area contributed by atoms with Crippen molar-refractivity contribution in [3.63, 3.8) is 0 Å². The molecule has 2 heteroatoms. The molecule has 2 rings (SSSR count). The fraction of sp³-hybridized carbons (Fsp3) is 0.812. The van der Waals surface area contributed by atoms with Crippen LogP contribution in [0.5, 0.6) is 0 Å². The summed E-state index contributed by atoms with van der Waals surface area (Å²) < 4.78 is 5.44. The summed E-state index contributed by atoms with van der Waals surface area (Å²) in [5.41, 5.74) is 0. The molecule has 0 aromatic carbocycles. The van der Waals surface area contributed by atoms with Gasteiger partial charge in [-0.25, -0.2) is 4.79 Å². The molecule has 2 aliphatic rings. The number of hydrogen-bond donors (Lipinski definition) is 0. The minimum absolute atomic E-state index is 0.168. The molecule has 0 atom stereocenters. The third kappa shape index (κ3) is 3.86. The summed E-state index contributed by atoms with van der Waals surface area (Å²) in [6.45, 7) is 1.85. The number of rotatable bonds is 3. The maximum absolute atomic E-state index is 11.4. The van der Waals surface area contributed by atoms with E-state index in [9.17, 15) is 4.79 Å². The van der Waals surface area contributed by atoms with Gasteiger partial charge in [-0.3, -0.25) is 0 Å². The zero-order valence-electron chi connectivity index (χ0n) is 11.6. The second-order valence-corrected chi connectivity index (χ2v) is 5.87. The van der Waals surface area contributed by atoms with Gasteiger partial charge in [0.2, 0.25) is 0 Å². The minimum atomic E-state index is -0.168. The summed E-state index contributed by atoms with van der Waals surface area (Å²) in [5, 5.41) is 0. The molecule has 18 heavy (non-hydrogen) atoms. The second-order valence-electron chi connectivity index (χ2n) is 5.87. The van der Waals surface area contributed by atoms with E-state index in [-0.39, 0.29) is 12.1 Å². The van der Waals surface area contributed by atoms with Crippen molar-refractivity contribution in [3.05, 3.63) is 12.2 Å². The van der Waals surface area contributed by atoms with E-state index >= 15 is 0 Å². The van der Waals surface area contributed by atoms with E-state index < -0.39 is 0 Å². The lowest BCUT2D eigenvalue weighted by molar-refractivity contribution is -0.145. The molecule has 0 heterocycles. The average molecular weight is 250 g/mol. The lowest BCUT2D eigenvalue weighted by atomic mass is 9.73. The van der Waals surface area contributed by atoms with E-state index in [1.54, 1.807) is 6.08 Å². The first-order chi connectivity index (χ1) is 8.79. The first-order valence-corrected chi connectivity index (χ1v) is 7.63. The highest BCUT2D eigenvalue weighted by molar-refractivity contribution is 5.81. The van der Waals surface area contributed by atoms with Gasteiger partial charge in [0.25, 0.3) is 0 Å². The molecule has 0 aromatic heterocycles. The van der Waals surface area contributed by atoms with Gasteiger partial charge in [-0.2, -0.15) is 0 Å². The number of carbonyl (C=O) groups is 1. The van der Waals surface area contributed by atoms with Crippen molar-refractivity contribution in [2.75, 3.05) is 0 Å². The Balaban J connectivity index is 1.72. The first kappa shape index (κ1) is 13.6. The van der Waals surface area contributed by atoms with Crippen molar-refractivity contribution in [1.82, 2.24) is 0 Å². The van der Waals surface area contributed by atoms with Crippen LogP contribution in [0.2, 0.25) is 0 Å². The topological polar surface area (TPSA) is 26.3 Å². The maximum Gasteiger partial charge on any atom is 0.330 e. The quantitative estimate of drug-likeness (QED) is 0.553. The first-order valence-electron chi connectivity index (χ1n) is 7.63. The smallest absolute Gasteiger partial charge is 0.330 e. The standard InChI is InChI=1S/C16H26O2/c1-2-6-16(17)18-15-11-9-14(10-12-15)13-7-4-3-5-8-13/h2,6,13-15H,3-5,7-12H2,1H3/b6-2+. The largest absolute Gasteiger partial charge is 0.459 e. The van der Waals surface area contributed by atoms with Crippen molar-refractivity contribution in [1.29, 1.82) is 0 Å². The fourth-order valence-corrected chi connectivity index (χ4v) is 3.62. The molecule has 0 N–H and O–H groups in total. The van der Waals surface area contributed by atoms with Gasteiger partial charge in [-0.1, -0.05) is 38.2 Å². The van der Waals surface area contributed by atoms with Crippen molar-refractivity contribution < 1.29 is 9.53 Å². The minimum Gasteiger partial charge on any atom is -0.459 e. The van der Waals surface area contributed by atoms with E-state index in [0.29, 0.717) is 0 Å². The molecule has 0 saturated heterocycles. The van der Waals surface area contributed by atoms with Crippen LogP contribution in [0.15, 0.2) is 12.2 Å². The van der Waals surface area contributed by atoms with Gasteiger partial charge < -0.3 is 4.74 Å². The molecule has 0 amide bonds. The van der Waals surface area contributed by atoms with Crippen LogP contribution in [-0.4, -0.2) is 12.1 Å². The molecule has 0 radical (unpaired) electrons. The Kier molecular flexibility index (Phi) is 5.27. The van der Waals surface area contributed by atoms with E-state index in [1.165, 1.54) is 51.0 Å². The molecule has 102 valence electrons. The van der Waals surface area contributed by atoms with E-state index in [4.69, 9.17) is 4.74 Å². The van der Waals surface area contributed by atoms with Crippen molar-refractivity contribution in [2.45, 2.75) is 70.8 Å². The number of ether oxygens (including phenoxy) is 1. The molecule has 2 aliphatic carbocycles. The molecule has 0 spiro atoms. The number of carbonyl (C=O) groups excluding carboxylic acids is 1. The van der Waals surface area contributed by atoms with Crippen molar-refractivity contribution >= 4 is 5.97 Å². The third-order valence-corrected chi connectivity index (χ3v) is 4.62. The van der Waals surface area contributed by atoms with E-state index in [1.807, 2.05) is 6.92 Å². The lowest BCUT2D eigenvalue weighted by Crippen LogP contribution is -2.28. The van der Waals surface area contributed by atoms with Crippen LogP contribution in [0.1, 0.15) is 64.7 Å². The van der Waals surface area contributed by atoms with Crippen LogP contribution in [0.25, 0.3) is 0 Å². The highest BCUT2D eigenvalue weighted by Crippen LogP contribution is 2.38. The van der Waals surface area contributed by atoms with Crippen LogP contribution in [0, 0.1) is 11.8 Å². The lowest BCUT2D eigenvalue weighted by Gasteiger charge is -2.35. The molecule has 2 saturated carbocycles. The Morgan fingerprint density at radius 2 is 1.56 bits per heavy atom. The maximum atomic E-state index is 11.4. The van der Waals surface area contributed by atoms with E-state index in [0.717, 1.165) is 24.7 Å². The Labute approximate surface area is 111 Å². The van der Waals surface area contributed by atoms with Crippen LogP contribution >= 0.6 is 0 Å².